The summed E-state index contributed by atoms with van der Waals surface area (Å²) in [6, 6.07) is 4.60. The van der Waals surface area contributed by atoms with Crippen LogP contribution in [-0.4, -0.2) is 25.7 Å². The predicted molar refractivity (Wildman–Crippen MR) is 100 cm³/mol. The van der Waals surface area contributed by atoms with Gasteiger partial charge in [0.05, 0.1) is 11.3 Å². The molecule has 0 aliphatic carbocycles. The predicted octanol–water partition coefficient (Wildman–Crippen LogP) is 3.84. The second-order valence-corrected chi connectivity index (χ2v) is 7.56. The van der Waals surface area contributed by atoms with Crippen LogP contribution in [0.25, 0.3) is 0 Å². The number of nitrogens with zero attached hydrogens (tertiary/aromatic N) is 4. The van der Waals surface area contributed by atoms with E-state index < -0.39 is 17.9 Å². The molecule has 7 nitrogen and oxygen atoms in total. The van der Waals surface area contributed by atoms with E-state index in [1.807, 2.05) is 12.3 Å². The molecule has 2 heterocycles. The van der Waals surface area contributed by atoms with Crippen molar-refractivity contribution >= 4 is 39.8 Å². The number of hydrogen-bond acceptors (Lipinski definition) is 7. The molecule has 0 saturated carbocycles. The van der Waals surface area contributed by atoms with Gasteiger partial charge in [0.1, 0.15) is 0 Å². The van der Waals surface area contributed by atoms with Crippen LogP contribution in [0.3, 0.4) is 0 Å². The number of nitrogen functional groups attached to an aromatic ring is 1. The summed E-state index contributed by atoms with van der Waals surface area (Å²) < 4.78 is 39.4. The van der Waals surface area contributed by atoms with E-state index in [1.54, 1.807) is 6.07 Å². The average molecular weight is 428 g/mol. The van der Waals surface area contributed by atoms with Gasteiger partial charge in [0.25, 0.3) is 5.91 Å². The topological polar surface area (TPSA) is 98.7 Å². The van der Waals surface area contributed by atoms with E-state index in [-0.39, 0.29) is 16.4 Å². The van der Waals surface area contributed by atoms with Gasteiger partial charge in [0.15, 0.2) is 10.3 Å². The zero-order chi connectivity index (χ0) is 20.5. The number of nitrogens with one attached hydrogen (secondary N) is 1. The molecule has 3 N–H and O–H groups in total. The van der Waals surface area contributed by atoms with Gasteiger partial charge in [-0.1, -0.05) is 6.92 Å². The Kier molecular flexibility index (Phi) is 5.61. The molecule has 0 aliphatic rings. The molecule has 3 aromatic rings. The third kappa shape index (κ3) is 4.28. The maximum atomic E-state index is 12.9. The molecular formula is C16H15F3N6OS2. The van der Waals surface area contributed by atoms with Crippen molar-refractivity contribution in [3.63, 3.8) is 0 Å². The number of anilines is 2. The molecule has 0 bridgehead atoms. The zero-order valence-electron chi connectivity index (χ0n) is 14.7. The van der Waals surface area contributed by atoms with Crippen LogP contribution in [0.5, 0.6) is 0 Å². The van der Waals surface area contributed by atoms with Crippen molar-refractivity contribution in [2.75, 3.05) is 11.1 Å². The van der Waals surface area contributed by atoms with Crippen molar-refractivity contribution in [2.24, 2.45) is 7.05 Å². The third-order valence-electron chi connectivity index (χ3n) is 3.70. The minimum atomic E-state index is -4.60. The highest BCUT2D eigenvalue weighted by molar-refractivity contribution is 7.99. The summed E-state index contributed by atoms with van der Waals surface area (Å²) in [7, 11) is 1.23. The number of amides is 1. The smallest absolute Gasteiger partial charge is 0.398 e. The fourth-order valence-electron chi connectivity index (χ4n) is 2.24. The van der Waals surface area contributed by atoms with E-state index in [0.29, 0.717) is 10.0 Å². The monoisotopic (exact) mass is 428 g/mol. The van der Waals surface area contributed by atoms with Crippen molar-refractivity contribution in [2.45, 2.75) is 29.6 Å². The number of aromatic nitrogens is 4. The molecule has 0 unspecified atom stereocenters. The van der Waals surface area contributed by atoms with Crippen LogP contribution in [0, 0.1) is 0 Å². The number of nitrogens with two attached hydrogens (primary N) is 1. The number of carbonyl (C=O) groups is 1. The molecule has 2 aromatic heterocycles. The first-order valence-electron chi connectivity index (χ1n) is 7.98. The summed E-state index contributed by atoms with van der Waals surface area (Å²) in [5.41, 5.74) is 7.18. The van der Waals surface area contributed by atoms with Gasteiger partial charge in [-0.3, -0.25) is 10.1 Å². The number of thiazole rings is 1. The van der Waals surface area contributed by atoms with Crippen LogP contribution in [0.4, 0.5) is 24.0 Å². The Morgan fingerprint density at radius 1 is 1.36 bits per heavy atom. The summed E-state index contributed by atoms with van der Waals surface area (Å²) in [6.45, 7) is 1.95. The minimum Gasteiger partial charge on any atom is -0.398 e. The number of rotatable bonds is 5. The number of hydrogen-bond donors (Lipinski definition) is 2. The lowest BCUT2D eigenvalue weighted by atomic mass is 10.1. The highest BCUT2D eigenvalue weighted by atomic mass is 32.2. The van der Waals surface area contributed by atoms with Gasteiger partial charge in [-0.05, 0) is 36.4 Å². The Bertz CT molecular complexity index is 1010. The standard InChI is InChI=1S/C16H15F3N6OS2/c1-3-8-7-27-14(21-8)22-12(26)10-6-9(4-5-11(10)20)28-15-24-23-13(25(15)2)16(17,18)19/h4-7H,3,20H2,1-2H3,(H,21,22,26). The SMILES string of the molecule is CCc1csc(NC(=O)c2cc(Sc3nnc(C(F)(F)F)n3C)ccc2N)n1. The first kappa shape index (κ1) is 20.1. The molecule has 0 spiro atoms. The Labute approximate surface area is 166 Å². The average Bonchev–Trinajstić information content (AvgIpc) is 3.23. The molecule has 1 amide bonds. The molecular weight excluding hydrogens is 413 g/mol. The Morgan fingerprint density at radius 2 is 2.11 bits per heavy atom. The Morgan fingerprint density at radius 3 is 2.71 bits per heavy atom. The summed E-state index contributed by atoms with van der Waals surface area (Å²) >= 11 is 2.25. The van der Waals surface area contributed by atoms with E-state index in [0.717, 1.165) is 28.4 Å². The van der Waals surface area contributed by atoms with Gasteiger partial charge in [-0.25, -0.2) is 4.98 Å². The van der Waals surface area contributed by atoms with Crippen LogP contribution in [-0.2, 0) is 19.6 Å². The molecule has 0 saturated heterocycles. The van der Waals surface area contributed by atoms with Gasteiger partial charge < -0.3 is 10.3 Å². The number of alkyl halides is 3. The number of halogens is 3. The fourth-order valence-corrected chi connectivity index (χ4v) is 3.86. The van der Waals surface area contributed by atoms with Crippen LogP contribution >= 0.6 is 23.1 Å². The Hall–Kier alpha value is -2.60. The van der Waals surface area contributed by atoms with Crippen LogP contribution in [0.15, 0.2) is 33.6 Å². The van der Waals surface area contributed by atoms with E-state index in [2.05, 4.69) is 20.5 Å². The van der Waals surface area contributed by atoms with Gasteiger partial charge in [0, 0.05) is 23.0 Å². The van der Waals surface area contributed by atoms with Crippen molar-refractivity contribution in [3.05, 3.63) is 40.7 Å². The van der Waals surface area contributed by atoms with Gasteiger partial charge >= 0.3 is 6.18 Å². The molecule has 0 aliphatic heterocycles. The zero-order valence-corrected chi connectivity index (χ0v) is 16.4. The van der Waals surface area contributed by atoms with Crippen molar-refractivity contribution < 1.29 is 18.0 Å². The van der Waals surface area contributed by atoms with Crippen LogP contribution < -0.4 is 11.1 Å². The molecule has 148 valence electrons. The van der Waals surface area contributed by atoms with Crippen molar-refractivity contribution in [1.82, 2.24) is 19.7 Å². The van der Waals surface area contributed by atoms with E-state index in [1.165, 1.54) is 30.5 Å². The Balaban J connectivity index is 1.81. The number of benzene rings is 1. The summed E-state index contributed by atoms with van der Waals surface area (Å²) in [5.74, 6) is -1.55. The van der Waals surface area contributed by atoms with E-state index in [9.17, 15) is 18.0 Å². The molecule has 0 atom stereocenters. The summed E-state index contributed by atoms with van der Waals surface area (Å²) in [5, 5.41) is 11.8. The maximum absolute atomic E-state index is 12.9. The van der Waals surface area contributed by atoms with Gasteiger partial charge in [-0.15, -0.1) is 21.5 Å². The number of carbonyl (C=O) groups excluding carboxylic acids is 1. The lowest BCUT2D eigenvalue weighted by Gasteiger charge is -2.09. The third-order valence-corrected chi connectivity index (χ3v) is 5.54. The second-order valence-electron chi connectivity index (χ2n) is 5.67. The molecule has 0 fully saturated rings. The van der Waals surface area contributed by atoms with Gasteiger partial charge in [-0.2, -0.15) is 13.2 Å². The van der Waals surface area contributed by atoms with E-state index in [4.69, 9.17) is 5.73 Å². The van der Waals surface area contributed by atoms with E-state index >= 15 is 0 Å². The number of aryl methyl sites for hydroxylation is 1. The van der Waals surface area contributed by atoms with Crippen LogP contribution in [0.1, 0.15) is 28.8 Å². The summed E-state index contributed by atoms with van der Waals surface area (Å²) in [6.07, 6.45) is -3.85. The molecule has 3 rings (SSSR count). The van der Waals surface area contributed by atoms with Crippen molar-refractivity contribution in [1.29, 1.82) is 0 Å². The molecule has 28 heavy (non-hydrogen) atoms. The minimum absolute atomic E-state index is 0.0379. The second kappa shape index (κ2) is 7.80. The lowest BCUT2D eigenvalue weighted by molar-refractivity contribution is -0.147. The molecule has 1 aromatic carbocycles. The quantitative estimate of drug-likeness (QED) is 0.599. The highest BCUT2D eigenvalue weighted by Crippen LogP contribution is 2.33. The fraction of sp³-hybridized carbons (Fsp3) is 0.250. The highest BCUT2D eigenvalue weighted by Gasteiger charge is 2.37. The van der Waals surface area contributed by atoms with Crippen LogP contribution in [0.2, 0.25) is 0 Å². The largest absolute Gasteiger partial charge is 0.451 e. The van der Waals surface area contributed by atoms with Gasteiger partial charge in [0.2, 0.25) is 5.82 Å². The normalized spacial score (nSPS) is 11.6. The first-order chi connectivity index (χ1) is 13.2. The first-order valence-corrected chi connectivity index (χ1v) is 9.68. The molecule has 0 radical (unpaired) electrons. The van der Waals surface area contributed by atoms with Crippen molar-refractivity contribution in [3.8, 4) is 0 Å². The lowest BCUT2D eigenvalue weighted by Crippen LogP contribution is -2.14. The summed E-state index contributed by atoms with van der Waals surface area (Å²) in [4.78, 5) is 17.3. The maximum Gasteiger partial charge on any atom is 0.451 e. The molecule has 12 heteroatoms.